The van der Waals surface area contributed by atoms with Gasteiger partial charge in [-0.25, -0.2) is 18.4 Å². The third-order valence-corrected chi connectivity index (χ3v) is 3.20. The standard InChI is InChI=1S/C11H14N2O4S/c1-3-7(2)13-10-5-4-8(18(12,16)17)6-9(10)11(14)15/h3-7,13H,1H2,2H3,(H,14,15)(H2,12,16,17). The Morgan fingerprint density at radius 2 is 2.17 bits per heavy atom. The van der Waals surface area contributed by atoms with Crippen LogP contribution in [0.15, 0.2) is 35.7 Å². The van der Waals surface area contributed by atoms with Crippen molar-refractivity contribution in [2.45, 2.75) is 17.9 Å². The summed E-state index contributed by atoms with van der Waals surface area (Å²) in [5.41, 5.74) is 0.150. The normalized spacial score (nSPS) is 12.8. The molecule has 0 fully saturated rings. The Labute approximate surface area is 105 Å². The lowest BCUT2D eigenvalue weighted by atomic mass is 10.1. The van der Waals surface area contributed by atoms with Crippen molar-refractivity contribution in [3.05, 3.63) is 36.4 Å². The van der Waals surface area contributed by atoms with Crippen LogP contribution in [0.4, 0.5) is 5.69 Å². The van der Waals surface area contributed by atoms with Crippen LogP contribution in [0.1, 0.15) is 17.3 Å². The lowest BCUT2D eigenvalue weighted by molar-refractivity contribution is 0.0697. The van der Waals surface area contributed by atoms with Crippen molar-refractivity contribution in [3.8, 4) is 0 Å². The summed E-state index contributed by atoms with van der Waals surface area (Å²) in [5, 5.41) is 16.9. The van der Waals surface area contributed by atoms with Crippen LogP contribution < -0.4 is 10.5 Å². The molecule has 0 spiro atoms. The molecule has 0 bridgehead atoms. The van der Waals surface area contributed by atoms with Crippen molar-refractivity contribution in [1.29, 1.82) is 0 Å². The van der Waals surface area contributed by atoms with Crippen LogP contribution in [-0.2, 0) is 10.0 Å². The summed E-state index contributed by atoms with van der Waals surface area (Å²) in [7, 11) is -3.92. The van der Waals surface area contributed by atoms with Crippen molar-refractivity contribution >= 4 is 21.7 Å². The minimum atomic E-state index is -3.92. The number of benzene rings is 1. The second-order valence-corrected chi connectivity index (χ2v) is 5.29. The molecule has 1 atom stereocenters. The number of aromatic carboxylic acids is 1. The molecule has 0 aliphatic carbocycles. The molecule has 1 unspecified atom stereocenters. The average Bonchev–Trinajstić information content (AvgIpc) is 2.27. The highest BCUT2D eigenvalue weighted by Gasteiger charge is 2.16. The second-order valence-electron chi connectivity index (χ2n) is 3.73. The zero-order valence-electron chi connectivity index (χ0n) is 9.75. The van der Waals surface area contributed by atoms with Crippen molar-refractivity contribution in [3.63, 3.8) is 0 Å². The topological polar surface area (TPSA) is 109 Å². The minimum Gasteiger partial charge on any atom is -0.478 e. The Kier molecular flexibility index (Phi) is 4.10. The number of sulfonamides is 1. The third kappa shape index (κ3) is 3.31. The van der Waals surface area contributed by atoms with Crippen LogP contribution >= 0.6 is 0 Å². The fourth-order valence-electron chi connectivity index (χ4n) is 1.31. The maximum atomic E-state index is 11.1. The molecular weight excluding hydrogens is 256 g/mol. The smallest absolute Gasteiger partial charge is 0.337 e. The molecule has 1 aromatic rings. The third-order valence-electron chi connectivity index (χ3n) is 2.29. The van der Waals surface area contributed by atoms with Crippen molar-refractivity contribution in [2.24, 2.45) is 5.14 Å². The largest absolute Gasteiger partial charge is 0.478 e. The fraction of sp³-hybridized carbons (Fsp3) is 0.182. The lowest BCUT2D eigenvalue weighted by Gasteiger charge is -2.14. The van der Waals surface area contributed by atoms with Crippen LogP contribution in [0, 0.1) is 0 Å². The number of nitrogens with two attached hydrogens (primary N) is 1. The van der Waals surface area contributed by atoms with Crippen LogP contribution in [-0.4, -0.2) is 25.5 Å². The van der Waals surface area contributed by atoms with Gasteiger partial charge in [0, 0.05) is 11.7 Å². The summed E-state index contributed by atoms with van der Waals surface area (Å²) in [5.74, 6) is -1.24. The van der Waals surface area contributed by atoms with Gasteiger partial charge in [-0.2, -0.15) is 0 Å². The summed E-state index contributed by atoms with van der Waals surface area (Å²) in [4.78, 5) is 10.8. The Bertz CT molecular complexity index is 581. The first-order valence-corrected chi connectivity index (χ1v) is 6.59. The molecule has 6 nitrogen and oxygen atoms in total. The van der Waals surface area contributed by atoms with E-state index in [9.17, 15) is 13.2 Å². The SMILES string of the molecule is C=CC(C)Nc1ccc(S(N)(=O)=O)cc1C(=O)O. The van der Waals surface area contributed by atoms with Gasteiger partial charge in [-0.1, -0.05) is 6.08 Å². The van der Waals surface area contributed by atoms with E-state index in [2.05, 4.69) is 11.9 Å². The average molecular weight is 270 g/mol. The number of carboxylic acid groups (broad SMARTS) is 1. The quantitative estimate of drug-likeness (QED) is 0.692. The van der Waals surface area contributed by atoms with E-state index in [1.165, 1.54) is 12.1 Å². The van der Waals surface area contributed by atoms with Crippen molar-refractivity contribution in [1.82, 2.24) is 0 Å². The molecule has 0 aliphatic rings. The van der Waals surface area contributed by atoms with E-state index in [-0.39, 0.29) is 16.5 Å². The zero-order valence-corrected chi connectivity index (χ0v) is 10.6. The monoisotopic (exact) mass is 270 g/mol. The fourth-order valence-corrected chi connectivity index (χ4v) is 1.85. The van der Waals surface area contributed by atoms with Gasteiger partial charge >= 0.3 is 5.97 Å². The van der Waals surface area contributed by atoms with E-state index in [4.69, 9.17) is 10.2 Å². The predicted molar refractivity (Wildman–Crippen MR) is 68.1 cm³/mol. The Balaban J connectivity index is 3.29. The minimum absolute atomic E-state index is 0.150. The number of hydrogen-bond donors (Lipinski definition) is 3. The Morgan fingerprint density at radius 3 is 2.61 bits per heavy atom. The Morgan fingerprint density at radius 1 is 1.56 bits per heavy atom. The van der Waals surface area contributed by atoms with E-state index in [0.717, 1.165) is 6.07 Å². The molecule has 0 saturated heterocycles. The maximum absolute atomic E-state index is 11.1. The highest BCUT2D eigenvalue weighted by atomic mass is 32.2. The molecule has 98 valence electrons. The first kappa shape index (κ1) is 14.2. The highest BCUT2D eigenvalue weighted by molar-refractivity contribution is 7.89. The molecule has 1 rings (SSSR count). The summed E-state index contributed by atoms with van der Waals surface area (Å²) in [6.07, 6.45) is 1.60. The molecule has 0 amide bonds. The molecule has 18 heavy (non-hydrogen) atoms. The van der Waals surface area contributed by atoms with Gasteiger partial charge in [-0.15, -0.1) is 6.58 Å². The molecule has 0 radical (unpaired) electrons. The van der Waals surface area contributed by atoms with E-state index in [1.807, 2.05) is 0 Å². The van der Waals surface area contributed by atoms with Gasteiger partial charge in [0.2, 0.25) is 10.0 Å². The van der Waals surface area contributed by atoms with Gasteiger partial charge in [-0.3, -0.25) is 0 Å². The zero-order chi connectivity index (χ0) is 13.9. The van der Waals surface area contributed by atoms with Crippen molar-refractivity contribution in [2.75, 3.05) is 5.32 Å². The molecule has 7 heteroatoms. The number of carboxylic acids is 1. The van der Waals surface area contributed by atoms with Gasteiger partial charge in [0.1, 0.15) is 0 Å². The number of rotatable bonds is 5. The van der Waals surface area contributed by atoms with Gasteiger partial charge in [0.15, 0.2) is 0 Å². The predicted octanol–water partition coefficient (Wildman–Crippen LogP) is 1.02. The summed E-state index contributed by atoms with van der Waals surface area (Å²) in [6, 6.07) is 3.49. The summed E-state index contributed by atoms with van der Waals surface area (Å²) in [6.45, 7) is 5.35. The Hall–Kier alpha value is -1.86. The maximum Gasteiger partial charge on any atom is 0.337 e. The van der Waals surface area contributed by atoms with Crippen LogP contribution in [0.3, 0.4) is 0 Å². The molecule has 0 heterocycles. The number of carbonyl (C=O) groups is 1. The van der Waals surface area contributed by atoms with Crippen LogP contribution in [0.2, 0.25) is 0 Å². The highest BCUT2D eigenvalue weighted by Crippen LogP contribution is 2.20. The molecule has 0 saturated carbocycles. The molecule has 0 aromatic heterocycles. The molecule has 0 aliphatic heterocycles. The molecule has 1 aromatic carbocycles. The van der Waals surface area contributed by atoms with E-state index >= 15 is 0 Å². The van der Waals surface area contributed by atoms with E-state index < -0.39 is 16.0 Å². The van der Waals surface area contributed by atoms with Gasteiger partial charge in [0.25, 0.3) is 0 Å². The second kappa shape index (κ2) is 5.19. The number of nitrogens with one attached hydrogen (secondary N) is 1. The first-order chi connectivity index (χ1) is 8.25. The summed E-state index contributed by atoms with van der Waals surface area (Å²) >= 11 is 0. The first-order valence-electron chi connectivity index (χ1n) is 5.05. The molecular formula is C11H14N2O4S. The van der Waals surface area contributed by atoms with Crippen LogP contribution in [0.5, 0.6) is 0 Å². The summed E-state index contributed by atoms with van der Waals surface area (Å²) < 4.78 is 22.3. The number of hydrogen-bond acceptors (Lipinski definition) is 4. The number of primary sulfonamides is 1. The van der Waals surface area contributed by atoms with E-state index in [1.54, 1.807) is 13.0 Å². The molecule has 4 N–H and O–H groups in total. The van der Waals surface area contributed by atoms with Gasteiger partial charge < -0.3 is 10.4 Å². The van der Waals surface area contributed by atoms with Crippen LogP contribution in [0.25, 0.3) is 0 Å². The number of anilines is 1. The van der Waals surface area contributed by atoms with Gasteiger partial charge in [0.05, 0.1) is 10.5 Å². The van der Waals surface area contributed by atoms with E-state index in [0.29, 0.717) is 5.69 Å². The lowest BCUT2D eigenvalue weighted by Crippen LogP contribution is -2.17. The van der Waals surface area contributed by atoms with Crippen molar-refractivity contribution < 1.29 is 18.3 Å². The van der Waals surface area contributed by atoms with Gasteiger partial charge in [-0.05, 0) is 25.1 Å².